The molecule has 1 aromatic carbocycles. The molecule has 0 N–H and O–H groups in total. The zero-order valence-electron chi connectivity index (χ0n) is 11.5. The highest BCUT2D eigenvalue weighted by molar-refractivity contribution is 5.38. The number of alkyl halides is 2. The molecule has 0 amide bonds. The van der Waals surface area contributed by atoms with Crippen LogP contribution in [-0.4, -0.2) is 6.11 Å². The van der Waals surface area contributed by atoms with Gasteiger partial charge in [0, 0.05) is 12.1 Å². The molecule has 0 bridgehead atoms. The Morgan fingerprint density at radius 1 is 1.14 bits per heavy atom. The Hall–Kier alpha value is -1.77. The molecule has 0 aromatic heterocycles. The van der Waals surface area contributed by atoms with Gasteiger partial charge in [0.25, 0.3) is 0 Å². The zero-order chi connectivity index (χ0) is 15.6. The minimum atomic E-state index is -3.48. The molecule has 6 heteroatoms. The molecule has 1 aliphatic carbocycles. The first kappa shape index (κ1) is 15.6. The number of nitrogens with zero attached hydrogens (tertiary/aromatic N) is 1. The summed E-state index contributed by atoms with van der Waals surface area (Å²) in [5, 5.41) is 8.53. The van der Waals surface area contributed by atoms with Crippen LogP contribution in [0.1, 0.15) is 38.2 Å². The molecule has 1 aromatic rings. The lowest BCUT2D eigenvalue weighted by Gasteiger charge is -2.32. The summed E-state index contributed by atoms with van der Waals surface area (Å²) in [7, 11) is 0. The number of halogens is 4. The van der Waals surface area contributed by atoms with Crippen molar-refractivity contribution in [3.05, 3.63) is 29.3 Å². The van der Waals surface area contributed by atoms with Crippen molar-refractivity contribution in [2.45, 2.75) is 38.7 Å². The quantitative estimate of drug-likeness (QED) is 0.762. The summed E-state index contributed by atoms with van der Waals surface area (Å²) in [5.74, 6) is -3.58. The Balaban J connectivity index is 2.15. The third kappa shape index (κ3) is 3.46. The van der Waals surface area contributed by atoms with Crippen LogP contribution in [0.4, 0.5) is 17.6 Å². The summed E-state index contributed by atoms with van der Waals surface area (Å²) >= 11 is 0. The predicted octanol–water partition coefficient (Wildman–Crippen LogP) is 4.63. The molecule has 0 heterocycles. The van der Waals surface area contributed by atoms with Gasteiger partial charge >= 0.3 is 6.11 Å². The van der Waals surface area contributed by atoms with E-state index >= 15 is 0 Å². The van der Waals surface area contributed by atoms with E-state index in [4.69, 9.17) is 5.26 Å². The Kier molecular flexibility index (Phi) is 4.40. The number of benzene rings is 1. The van der Waals surface area contributed by atoms with Gasteiger partial charge in [0.15, 0.2) is 0 Å². The van der Waals surface area contributed by atoms with E-state index in [0.29, 0.717) is 43.7 Å². The topological polar surface area (TPSA) is 33.0 Å². The highest BCUT2D eigenvalue weighted by atomic mass is 19.3. The van der Waals surface area contributed by atoms with Gasteiger partial charge in [0.2, 0.25) is 0 Å². The monoisotopic (exact) mass is 301 g/mol. The third-order valence-electron chi connectivity index (χ3n) is 3.87. The van der Waals surface area contributed by atoms with Crippen LogP contribution in [0.25, 0.3) is 0 Å². The second kappa shape index (κ2) is 5.92. The fourth-order valence-corrected chi connectivity index (χ4v) is 2.55. The summed E-state index contributed by atoms with van der Waals surface area (Å²) in [6, 6.07) is 2.55. The van der Waals surface area contributed by atoms with E-state index in [1.54, 1.807) is 0 Å². The van der Waals surface area contributed by atoms with Crippen molar-refractivity contribution in [3.8, 4) is 11.8 Å². The molecule has 0 atom stereocenters. The Morgan fingerprint density at radius 2 is 1.67 bits per heavy atom. The van der Waals surface area contributed by atoms with Crippen LogP contribution in [0, 0.1) is 34.8 Å². The molecule has 114 valence electrons. The average molecular weight is 301 g/mol. The summed E-state index contributed by atoms with van der Waals surface area (Å²) in [6.07, 6.45) is -1.49. The largest absolute Gasteiger partial charge is 0.432 e. The highest BCUT2D eigenvalue weighted by Crippen LogP contribution is 2.40. The van der Waals surface area contributed by atoms with E-state index in [1.165, 1.54) is 6.07 Å². The first-order valence-electron chi connectivity index (χ1n) is 6.79. The molecule has 1 fully saturated rings. The fraction of sp³-hybridized carbons (Fsp3) is 0.533. The molecule has 0 radical (unpaired) electrons. The van der Waals surface area contributed by atoms with Gasteiger partial charge in [-0.2, -0.15) is 14.0 Å². The number of hydrogen-bond donors (Lipinski definition) is 0. The lowest BCUT2D eigenvalue weighted by molar-refractivity contribution is -0.223. The maximum absolute atomic E-state index is 14.0. The van der Waals surface area contributed by atoms with Gasteiger partial charge in [0.05, 0.1) is 5.92 Å². The molecule has 1 aliphatic rings. The van der Waals surface area contributed by atoms with Crippen LogP contribution in [-0.2, 0) is 0 Å². The SMILES string of the molecule is CC1CCC(C(F)(F)Oc2cc(F)c(C#N)c(F)c2)CC1. The van der Waals surface area contributed by atoms with Crippen molar-refractivity contribution >= 4 is 0 Å². The van der Waals surface area contributed by atoms with E-state index in [-0.39, 0.29) is 0 Å². The van der Waals surface area contributed by atoms with Crippen molar-refractivity contribution in [1.82, 2.24) is 0 Å². The third-order valence-corrected chi connectivity index (χ3v) is 3.87. The number of nitriles is 1. The van der Waals surface area contributed by atoms with E-state index in [9.17, 15) is 17.6 Å². The smallest absolute Gasteiger partial charge is 0.400 e. The minimum absolute atomic E-state index is 0.315. The van der Waals surface area contributed by atoms with Crippen molar-refractivity contribution < 1.29 is 22.3 Å². The lowest BCUT2D eigenvalue weighted by Crippen LogP contribution is -2.37. The first-order valence-corrected chi connectivity index (χ1v) is 6.79. The van der Waals surface area contributed by atoms with Gasteiger partial charge in [0.1, 0.15) is 29.0 Å². The Labute approximate surface area is 120 Å². The van der Waals surface area contributed by atoms with Gasteiger partial charge in [-0.25, -0.2) is 8.78 Å². The Morgan fingerprint density at radius 3 is 2.14 bits per heavy atom. The van der Waals surface area contributed by atoms with Gasteiger partial charge < -0.3 is 4.74 Å². The average Bonchev–Trinajstić information content (AvgIpc) is 2.38. The number of ether oxygens (including phenoxy) is 1. The van der Waals surface area contributed by atoms with Gasteiger partial charge in [-0.15, -0.1) is 0 Å². The molecule has 1 saturated carbocycles. The van der Waals surface area contributed by atoms with Gasteiger partial charge in [-0.05, 0) is 18.8 Å². The van der Waals surface area contributed by atoms with Crippen LogP contribution in [0.2, 0.25) is 0 Å². The van der Waals surface area contributed by atoms with Crippen LogP contribution in [0.15, 0.2) is 12.1 Å². The minimum Gasteiger partial charge on any atom is -0.432 e. The molecule has 0 unspecified atom stereocenters. The molecule has 0 aliphatic heterocycles. The molecule has 0 saturated heterocycles. The summed E-state index contributed by atoms with van der Waals surface area (Å²) in [6.45, 7) is 2.00. The second-order valence-corrected chi connectivity index (χ2v) is 5.49. The van der Waals surface area contributed by atoms with Crippen LogP contribution in [0.3, 0.4) is 0 Å². The van der Waals surface area contributed by atoms with E-state index in [0.717, 1.165) is 0 Å². The van der Waals surface area contributed by atoms with E-state index in [2.05, 4.69) is 4.74 Å². The normalized spacial score (nSPS) is 22.7. The van der Waals surface area contributed by atoms with E-state index < -0.39 is 35.0 Å². The van der Waals surface area contributed by atoms with Crippen molar-refractivity contribution in [2.75, 3.05) is 0 Å². The van der Waals surface area contributed by atoms with Gasteiger partial charge in [-0.3, -0.25) is 0 Å². The van der Waals surface area contributed by atoms with Crippen LogP contribution < -0.4 is 4.74 Å². The molecular weight excluding hydrogens is 286 g/mol. The van der Waals surface area contributed by atoms with Crippen molar-refractivity contribution in [1.29, 1.82) is 5.26 Å². The van der Waals surface area contributed by atoms with Crippen LogP contribution in [0.5, 0.6) is 5.75 Å². The second-order valence-electron chi connectivity index (χ2n) is 5.49. The first-order chi connectivity index (χ1) is 9.83. The van der Waals surface area contributed by atoms with Crippen LogP contribution >= 0.6 is 0 Å². The lowest BCUT2D eigenvalue weighted by atomic mass is 9.82. The summed E-state index contributed by atoms with van der Waals surface area (Å²) in [5.41, 5.74) is -0.808. The van der Waals surface area contributed by atoms with E-state index in [1.807, 2.05) is 6.92 Å². The van der Waals surface area contributed by atoms with Crippen molar-refractivity contribution in [2.24, 2.45) is 11.8 Å². The molecule has 2 nitrogen and oxygen atoms in total. The number of rotatable bonds is 3. The standard InChI is InChI=1S/C15H15F4NO/c1-9-2-4-10(5-3-9)15(18,19)21-11-6-13(16)12(8-20)14(17)7-11/h6-7,9-10H,2-5H2,1H3. The summed E-state index contributed by atoms with van der Waals surface area (Å²) in [4.78, 5) is 0. The van der Waals surface area contributed by atoms with Crippen molar-refractivity contribution in [3.63, 3.8) is 0 Å². The molecule has 0 spiro atoms. The van der Waals surface area contributed by atoms with Gasteiger partial charge in [-0.1, -0.05) is 19.8 Å². The fourth-order valence-electron chi connectivity index (χ4n) is 2.55. The zero-order valence-corrected chi connectivity index (χ0v) is 11.5. The number of hydrogen-bond acceptors (Lipinski definition) is 2. The molecule has 21 heavy (non-hydrogen) atoms. The molecular formula is C15H15F4NO. The summed E-state index contributed by atoms with van der Waals surface area (Å²) < 4.78 is 59.4. The highest BCUT2D eigenvalue weighted by Gasteiger charge is 2.43. The predicted molar refractivity (Wildman–Crippen MR) is 67.8 cm³/mol. The maximum Gasteiger partial charge on any atom is 0.400 e. The Bertz CT molecular complexity index is 536. The molecule has 2 rings (SSSR count). The maximum atomic E-state index is 14.0.